The van der Waals surface area contributed by atoms with Crippen LogP contribution in [0.2, 0.25) is 5.02 Å². The van der Waals surface area contributed by atoms with Gasteiger partial charge in [-0.05, 0) is 37.5 Å². The first-order valence-corrected chi connectivity index (χ1v) is 6.33. The van der Waals surface area contributed by atoms with Gasteiger partial charge in [-0.3, -0.25) is 0 Å². The van der Waals surface area contributed by atoms with Gasteiger partial charge in [0.1, 0.15) is 5.82 Å². The number of hydrogen-bond donors (Lipinski definition) is 1. The fourth-order valence-corrected chi connectivity index (χ4v) is 2.22. The second-order valence-corrected chi connectivity index (χ2v) is 4.88. The van der Waals surface area contributed by atoms with Gasteiger partial charge in [0.15, 0.2) is 0 Å². The molecule has 4 heteroatoms. The molecule has 0 aliphatic carbocycles. The predicted octanol–water partition coefficient (Wildman–Crippen LogP) is 3.31. The second kappa shape index (κ2) is 5.80. The van der Waals surface area contributed by atoms with Crippen LogP contribution in [0.3, 0.4) is 0 Å². The Bertz CT molecular complexity index is 380. The highest BCUT2D eigenvalue weighted by atomic mass is 35.5. The van der Waals surface area contributed by atoms with Gasteiger partial charge in [-0.25, -0.2) is 4.39 Å². The third-order valence-corrected chi connectivity index (χ3v) is 3.40. The Morgan fingerprint density at radius 1 is 1.53 bits per heavy atom. The average molecular weight is 258 g/mol. The molecule has 1 aliphatic heterocycles. The van der Waals surface area contributed by atoms with Crippen LogP contribution in [0.5, 0.6) is 0 Å². The summed E-state index contributed by atoms with van der Waals surface area (Å²) in [7, 11) is 0. The molecule has 2 rings (SSSR count). The van der Waals surface area contributed by atoms with E-state index in [1.54, 1.807) is 6.07 Å². The topological polar surface area (TPSA) is 21.3 Å². The maximum atomic E-state index is 13.3. The minimum atomic E-state index is -0.363. The summed E-state index contributed by atoms with van der Waals surface area (Å²) in [6.45, 7) is 3.61. The molecule has 0 aromatic heterocycles. The van der Waals surface area contributed by atoms with E-state index in [1.165, 1.54) is 6.07 Å². The Kier molecular flexibility index (Phi) is 4.37. The van der Waals surface area contributed by atoms with Crippen molar-refractivity contribution < 1.29 is 9.13 Å². The molecule has 2 atom stereocenters. The summed E-state index contributed by atoms with van der Waals surface area (Å²) < 4.78 is 18.7. The van der Waals surface area contributed by atoms with Crippen LogP contribution in [0.15, 0.2) is 18.2 Å². The molecule has 0 amide bonds. The number of benzene rings is 1. The van der Waals surface area contributed by atoms with Crippen molar-refractivity contribution in [1.82, 2.24) is 5.32 Å². The quantitative estimate of drug-likeness (QED) is 0.897. The van der Waals surface area contributed by atoms with E-state index in [1.807, 2.05) is 13.0 Å². The lowest BCUT2D eigenvalue weighted by Crippen LogP contribution is -2.38. The van der Waals surface area contributed by atoms with Gasteiger partial charge < -0.3 is 10.1 Å². The summed E-state index contributed by atoms with van der Waals surface area (Å²) >= 11 is 5.66. The summed E-state index contributed by atoms with van der Waals surface area (Å²) in [5.74, 6) is -0.363. The fraction of sp³-hybridized carbons (Fsp3) is 0.538. The van der Waals surface area contributed by atoms with Gasteiger partial charge in [-0.1, -0.05) is 17.7 Å². The summed E-state index contributed by atoms with van der Waals surface area (Å²) in [5.41, 5.74) is 0.914. The lowest BCUT2D eigenvalue weighted by Gasteiger charge is -2.27. The van der Waals surface area contributed by atoms with Crippen LogP contribution < -0.4 is 5.32 Å². The van der Waals surface area contributed by atoms with Gasteiger partial charge in [-0.15, -0.1) is 0 Å². The molecule has 0 saturated carbocycles. The van der Waals surface area contributed by atoms with Gasteiger partial charge in [-0.2, -0.15) is 0 Å². The van der Waals surface area contributed by atoms with Crippen molar-refractivity contribution in [3.8, 4) is 0 Å². The van der Waals surface area contributed by atoms with Crippen LogP contribution in [0.1, 0.15) is 31.4 Å². The monoisotopic (exact) mass is 257 g/mol. The highest BCUT2D eigenvalue weighted by molar-refractivity contribution is 6.30. The van der Waals surface area contributed by atoms with Crippen LogP contribution in [-0.2, 0) is 4.74 Å². The van der Waals surface area contributed by atoms with E-state index < -0.39 is 0 Å². The molecule has 1 aromatic carbocycles. The lowest BCUT2D eigenvalue weighted by molar-refractivity contribution is 0.0671. The summed E-state index contributed by atoms with van der Waals surface area (Å²) in [5, 5.41) is 3.62. The molecular formula is C13H17ClFNO. The van der Waals surface area contributed by atoms with Gasteiger partial charge in [0.05, 0.1) is 11.6 Å². The molecule has 0 bridgehead atoms. The normalized spacial score (nSPS) is 22.4. The zero-order chi connectivity index (χ0) is 12.3. The fourth-order valence-electron chi connectivity index (χ4n) is 2.10. The Morgan fingerprint density at radius 2 is 2.35 bits per heavy atom. The minimum Gasteiger partial charge on any atom is -0.380 e. The third kappa shape index (κ3) is 3.41. The molecular weight excluding hydrogens is 241 g/mol. The lowest BCUT2D eigenvalue weighted by atomic mass is 10.0. The maximum Gasteiger partial charge on any atom is 0.142 e. The number of rotatable bonds is 3. The van der Waals surface area contributed by atoms with Gasteiger partial charge >= 0.3 is 0 Å². The van der Waals surface area contributed by atoms with Crippen LogP contribution in [0, 0.1) is 5.82 Å². The molecule has 0 radical (unpaired) electrons. The average Bonchev–Trinajstić information content (AvgIpc) is 2.34. The van der Waals surface area contributed by atoms with E-state index in [2.05, 4.69) is 5.32 Å². The van der Waals surface area contributed by atoms with Gasteiger partial charge in [0, 0.05) is 18.7 Å². The summed E-state index contributed by atoms with van der Waals surface area (Å²) in [6.07, 6.45) is 2.19. The first-order chi connectivity index (χ1) is 8.16. The van der Waals surface area contributed by atoms with Crippen molar-refractivity contribution in [3.05, 3.63) is 34.6 Å². The Labute approximate surface area is 106 Å². The Hall–Kier alpha value is -0.640. The number of nitrogens with one attached hydrogen (secondary N) is 1. The van der Waals surface area contributed by atoms with Crippen molar-refractivity contribution in [2.75, 3.05) is 13.2 Å². The summed E-state index contributed by atoms with van der Waals surface area (Å²) in [6, 6.07) is 5.41. The van der Waals surface area contributed by atoms with Crippen LogP contribution in [0.4, 0.5) is 4.39 Å². The molecule has 0 spiro atoms. The van der Waals surface area contributed by atoms with E-state index in [4.69, 9.17) is 16.3 Å². The van der Waals surface area contributed by atoms with Crippen molar-refractivity contribution >= 4 is 11.6 Å². The SMILES string of the molecule is CC(NC1CCCOC1)c1ccc(Cl)c(F)c1. The third-order valence-electron chi connectivity index (χ3n) is 3.09. The molecule has 1 saturated heterocycles. The number of hydrogen-bond acceptors (Lipinski definition) is 2. The smallest absolute Gasteiger partial charge is 0.142 e. The number of halogens is 2. The molecule has 17 heavy (non-hydrogen) atoms. The highest BCUT2D eigenvalue weighted by Gasteiger charge is 2.17. The van der Waals surface area contributed by atoms with E-state index in [-0.39, 0.29) is 16.9 Å². The molecule has 1 aliphatic rings. The van der Waals surface area contributed by atoms with Crippen LogP contribution >= 0.6 is 11.6 Å². The molecule has 1 N–H and O–H groups in total. The van der Waals surface area contributed by atoms with Gasteiger partial charge in [0.2, 0.25) is 0 Å². The number of ether oxygens (including phenoxy) is 1. The molecule has 1 fully saturated rings. The standard InChI is InChI=1S/C13H17ClFNO/c1-9(16-11-3-2-6-17-8-11)10-4-5-12(14)13(15)7-10/h4-5,7,9,11,16H,2-3,6,8H2,1H3. The van der Waals surface area contributed by atoms with Gasteiger partial charge in [0.25, 0.3) is 0 Å². The van der Waals surface area contributed by atoms with E-state index >= 15 is 0 Å². The molecule has 2 unspecified atom stereocenters. The molecule has 94 valence electrons. The molecule has 1 heterocycles. The zero-order valence-corrected chi connectivity index (χ0v) is 10.6. The molecule has 2 nitrogen and oxygen atoms in total. The van der Waals surface area contributed by atoms with Crippen molar-refractivity contribution in [1.29, 1.82) is 0 Å². The van der Waals surface area contributed by atoms with E-state index in [0.717, 1.165) is 31.6 Å². The maximum absolute atomic E-state index is 13.3. The highest BCUT2D eigenvalue weighted by Crippen LogP contribution is 2.21. The van der Waals surface area contributed by atoms with Crippen LogP contribution in [0.25, 0.3) is 0 Å². The van der Waals surface area contributed by atoms with Crippen molar-refractivity contribution in [2.45, 2.75) is 31.8 Å². The van der Waals surface area contributed by atoms with E-state index in [9.17, 15) is 4.39 Å². The molecule has 1 aromatic rings. The Morgan fingerprint density at radius 3 is 3.00 bits per heavy atom. The first kappa shape index (κ1) is 12.8. The minimum absolute atomic E-state index is 0.105. The van der Waals surface area contributed by atoms with Crippen molar-refractivity contribution in [3.63, 3.8) is 0 Å². The van der Waals surface area contributed by atoms with Crippen molar-refractivity contribution in [2.24, 2.45) is 0 Å². The zero-order valence-electron chi connectivity index (χ0n) is 9.88. The predicted molar refractivity (Wildman–Crippen MR) is 66.8 cm³/mol. The first-order valence-electron chi connectivity index (χ1n) is 5.95. The largest absolute Gasteiger partial charge is 0.380 e. The second-order valence-electron chi connectivity index (χ2n) is 4.48. The Balaban J connectivity index is 1.98. The van der Waals surface area contributed by atoms with Crippen LogP contribution in [-0.4, -0.2) is 19.3 Å². The summed E-state index contributed by atoms with van der Waals surface area (Å²) in [4.78, 5) is 0. The van der Waals surface area contributed by atoms with E-state index in [0.29, 0.717) is 6.04 Å².